The van der Waals surface area contributed by atoms with Gasteiger partial charge in [-0.2, -0.15) is 5.10 Å². The van der Waals surface area contributed by atoms with Crippen LogP contribution in [0.25, 0.3) is 5.69 Å². The van der Waals surface area contributed by atoms with Gasteiger partial charge in [0.25, 0.3) is 0 Å². The Hall–Kier alpha value is -2.82. The first-order chi connectivity index (χ1) is 16.5. The monoisotopic (exact) mass is 479 g/mol. The molecule has 1 fully saturated rings. The van der Waals surface area contributed by atoms with Gasteiger partial charge in [0.2, 0.25) is 5.88 Å². The number of halogens is 1. The normalized spacial score (nSPS) is 14.2. The first kappa shape index (κ1) is 24.3. The third-order valence-corrected chi connectivity index (χ3v) is 5.94. The number of aryl methyl sites for hydroxylation is 1. The molecule has 0 amide bonds. The van der Waals surface area contributed by atoms with E-state index in [4.69, 9.17) is 32.6 Å². The lowest BCUT2D eigenvalue weighted by Crippen LogP contribution is -2.36. The number of aliphatic hydroxyl groups is 1. The molecule has 34 heavy (non-hydrogen) atoms. The van der Waals surface area contributed by atoms with Crippen molar-refractivity contribution in [3.8, 4) is 29.7 Å². The van der Waals surface area contributed by atoms with E-state index in [9.17, 15) is 5.11 Å². The quantitative estimate of drug-likeness (QED) is 0.297. The highest BCUT2D eigenvalue weighted by Crippen LogP contribution is 2.34. The van der Waals surface area contributed by atoms with Crippen molar-refractivity contribution in [1.29, 1.82) is 0 Å². The summed E-state index contributed by atoms with van der Waals surface area (Å²) in [4.78, 5) is 2.26. The Balaban J connectivity index is 1.63. The van der Waals surface area contributed by atoms with Crippen LogP contribution >= 0.6 is 11.6 Å². The molecule has 0 radical (unpaired) electrons. The lowest BCUT2D eigenvalue weighted by atomic mass is 10.2. The van der Waals surface area contributed by atoms with Crippen LogP contribution in [0, 0.1) is 25.2 Å². The van der Waals surface area contributed by atoms with E-state index < -0.39 is 6.10 Å². The SMILES string of the molecule is C#CCOC[C@H](O)CN(Cc1c(C)nn(-c2cccc(Cl)c2)c1Oc1ccccc1)CC1CC1. The number of hydrogen-bond acceptors (Lipinski definition) is 5. The Kier molecular flexibility index (Phi) is 8.25. The molecule has 0 saturated heterocycles. The first-order valence-corrected chi connectivity index (χ1v) is 11.9. The molecule has 6 nitrogen and oxygen atoms in total. The molecular formula is C27H30ClN3O3. The molecule has 4 rings (SSSR count). The number of terminal acetylenes is 1. The summed E-state index contributed by atoms with van der Waals surface area (Å²) in [6.07, 6.45) is 7.05. The molecule has 2 aromatic carbocycles. The number of hydrogen-bond donors (Lipinski definition) is 1. The number of aliphatic hydroxyl groups excluding tert-OH is 1. The summed E-state index contributed by atoms with van der Waals surface area (Å²) in [5, 5.41) is 16.0. The largest absolute Gasteiger partial charge is 0.439 e. The van der Waals surface area contributed by atoms with Crippen molar-refractivity contribution in [2.45, 2.75) is 32.4 Å². The summed E-state index contributed by atoms with van der Waals surface area (Å²) < 4.78 is 13.5. The number of para-hydroxylation sites is 1. The van der Waals surface area contributed by atoms with E-state index in [0.717, 1.165) is 29.2 Å². The second kappa shape index (κ2) is 11.5. The van der Waals surface area contributed by atoms with Gasteiger partial charge in [0.15, 0.2) is 0 Å². The third-order valence-electron chi connectivity index (χ3n) is 5.71. The van der Waals surface area contributed by atoms with E-state index in [0.29, 0.717) is 29.9 Å². The van der Waals surface area contributed by atoms with E-state index in [-0.39, 0.29) is 13.2 Å². The minimum atomic E-state index is -0.631. The van der Waals surface area contributed by atoms with E-state index in [1.165, 1.54) is 12.8 Å². The van der Waals surface area contributed by atoms with Gasteiger partial charge < -0.3 is 14.6 Å². The van der Waals surface area contributed by atoms with Crippen molar-refractivity contribution in [1.82, 2.24) is 14.7 Å². The summed E-state index contributed by atoms with van der Waals surface area (Å²) in [6.45, 7) is 4.36. The number of nitrogens with zero attached hydrogens (tertiary/aromatic N) is 3. The van der Waals surface area contributed by atoms with E-state index >= 15 is 0 Å². The summed E-state index contributed by atoms with van der Waals surface area (Å²) in [6, 6.07) is 17.2. The minimum absolute atomic E-state index is 0.195. The minimum Gasteiger partial charge on any atom is -0.439 e. The molecule has 7 heteroatoms. The van der Waals surface area contributed by atoms with Crippen LogP contribution in [0.5, 0.6) is 11.6 Å². The second-order valence-electron chi connectivity index (χ2n) is 8.69. The Morgan fingerprint density at radius 3 is 2.74 bits per heavy atom. The molecule has 0 unspecified atom stereocenters. The zero-order valence-electron chi connectivity index (χ0n) is 19.4. The average Bonchev–Trinajstić information content (AvgIpc) is 3.59. The van der Waals surface area contributed by atoms with Crippen molar-refractivity contribution in [3.05, 3.63) is 70.9 Å². The molecule has 1 aliphatic rings. The van der Waals surface area contributed by atoms with Gasteiger partial charge in [0, 0.05) is 24.7 Å². The number of ether oxygens (including phenoxy) is 2. The molecule has 1 heterocycles. The molecule has 1 aromatic heterocycles. The van der Waals surface area contributed by atoms with Crippen molar-refractivity contribution >= 4 is 11.6 Å². The molecule has 1 aliphatic carbocycles. The Bertz CT molecular complexity index is 1120. The van der Waals surface area contributed by atoms with Gasteiger partial charge in [-0.1, -0.05) is 41.8 Å². The molecule has 1 atom stereocenters. The van der Waals surface area contributed by atoms with Gasteiger partial charge in [-0.15, -0.1) is 6.42 Å². The summed E-state index contributed by atoms with van der Waals surface area (Å²) in [5.41, 5.74) is 2.66. The first-order valence-electron chi connectivity index (χ1n) is 11.5. The lowest BCUT2D eigenvalue weighted by molar-refractivity contribution is 0.0250. The standard InChI is InChI=1S/C27H30ClN3O3/c1-3-14-33-19-24(32)17-30(16-21-12-13-21)18-26-20(2)29-31(23-9-7-8-22(28)15-23)27(26)34-25-10-5-4-6-11-25/h1,4-11,15,21,24,32H,12-14,16-19H2,2H3/t24-/m1/s1. The number of rotatable bonds is 12. The van der Waals surface area contributed by atoms with Crippen LogP contribution in [0.2, 0.25) is 5.02 Å². The van der Waals surface area contributed by atoms with Crippen LogP contribution in [0.1, 0.15) is 24.1 Å². The molecule has 3 aromatic rings. The highest BCUT2D eigenvalue weighted by Gasteiger charge is 2.28. The fourth-order valence-corrected chi connectivity index (χ4v) is 4.09. The molecular weight excluding hydrogens is 450 g/mol. The fourth-order valence-electron chi connectivity index (χ4n) is 3.91. The van der Waals surface area contributed by atoms with Crippen molar-refractivity contribution in [2.75, 3.05) is 26.3 Å². The van der Waals surface area contributed by atoms with Crippen LogP contribution in [0.3, 0.4) is 0 Å². The van der Waals surface area contributed by atoms with Crippen LogP contribution in [-0.2, 0) is 11.3 Å². The van der Waals surface area contributed by atoms with E-state index in [2.05, 4.69) is 10.8 Å². The molecule has 178 valence electrons. The maximum absolute atomic E-state index is 10.5. The van der Waals surface area contributed by atoms with Gasteiger partial charge in [0.05, 0.1) is 29.7 Å². The zero-order valence-corrected chi connectivity index (χ0v) is 20.1. The third kappa shape index (κ3) is 6.62. The van der Waals surface area contributed by atoms with Crippen LogP contribution < -0.4 is 4.74 Å². The van der Waals surface area contributed by atoms with Gasteiger partial charge >= 0.3 is 0 Å². The van der Waals surface area contributed by atoms with Gasteiger partial charge in [-0.3, -0.25) is 4.90 Å². The molecule has 0 bridgehead atoms. The highest BCUT2D eigenvalue weighted by atomic mass is 35.5. The highest BCUT2D eigenvalue weighted by molar-refractivity contribution is 6.30. The fraction of sp³-hybridized carbons (Fsp3) is 0.370. The van der Waals surface area contributed by atoms with Crippen LogP contribution in [0.4, 0.5) is 0 Å². The predicted octanol–water partition coefficient (Wildman–Crippen LogP) is 4.85. The Morgan fingerprint density at radius 1 is 1.24 bits per heavy atom. The smallest absolute Gasteiger partial charge is 0.227 e. The van der Waals surface area contributed by atoms with Crippen molar-refractivity contribution in [3.63, 3.8) is 0 Å². The molecule has 0 aliphatic heterocycles. The number of aromatic nitrogens is 2. The predicted molar refractivity (Wildman–Crippen MR) is 133 cm³/mol. The Morgan fingerprint density at radius 2 is 2.03 bits per heavy atom. The van der Waals surface area contributed by atoms with Gasteiger partial charge in [-0.25, -0.2) is 4.68 Å². The molecule has 0 spiro atoms. The summed E-state index contributed by atoms with van der Waals surface area (Å²) in [7, 11) is 0. The van der Waals surface area contributed by atoms with Gasteiger partial charge in [-0.05, 0) is 56.0 Å². The van der Waals surface area contributed by atoms with E-state index in [1.807, 2.05) is 61.5 Å². The molecule has 1 N–H and O–H groups in total. The lowest BCUT2D eigenvalue weighted by Gasteiger charge is -2.25. The summed E-state index contributed by atoms with van der Waals surface area (Å²) >= 11 is 6.27. The van der Waals surface area contributed by atoms with E-state index in [1.54, 1.807) is 4.68 Å². The second-order valence-corrected chi connectivity index (χ2v) is 9.12. The van der Waals surface area contributed by atoms with Crippen LogP contribution in [-0.4, -0.2) is 52.2 Å². The van der Waals surface area contributed by atoms with Crippen molar-refractivity contribution in [2.24, 2.45) is 5.92 Å². The number of benzene rings is 2. The summed E-state index contributed by atoms with van der Waals surface area (Å²) in [5.74, 6) is 4.46. The van der Waals surface area contributed by atoms with Gasteiger partial charge in [0.1, 0.15) is 12.4 Å². The maximum atomic E-state index is 10.5. The molecule has 1 saturated carbocycles. The Labute approximate surface area is 206 Å². The maximum Gasteiger partial charge on any atom is 0.227 e. The van der Waals surface area contributed by atoms with Crippen LogP contribution in [0.15, 0.2) is 54.6 Å². The topological polar surface area (TPSA) is 59.8 Å². The average molecular weight is 480 g/mol. The zero-order chi connectivity index (χ0) is 23.9. The van der Waals surface area contributed by atoms with Crippen molar-refractivity contribution < 1.29 is 14.6 Å².